The molecular formula is C15H19BrFNO2. The first-order chi connectivity index (χ1) is 9.26. The van der Waals surface area contributed by atoms with Crippen LogP contribution >= 0.6 is 15.9 Å². The summed E-state index contributed by atoms with van der Waals surface area (Å²) in [7, 11) is 0. The molecule has 1 heterocycles. The van der Waals surface area contributed by atoms with Crippen molar-refractivity contribution in [2.24, 2.45) is 0 Å². The Kier molecular flexibility index (Phi) is 4.37. The number of carbonyl (C=O) groups is 1. The minimum atomic E-state index is -0.487. The van der Waals surface area contributed by atoms with Crippen LogP contribution in [0.2, 0.25) is 0 Å². The van der Waals surface area contributed by atoms with Gasteiger partial charge in [0, 0.05) is 19.0 Å². The van der Waals surface area contributed by atoms with Gasteiger partial charge in [0.1, 0.15) is 11.4 Å². The van der Waals surface area contributed by atoms with Crippen molar-refractivity contribution in [1.29, 1.82) is 0 Å². The van der Waals surface area contributed by atoms with Crippen molar-refractivity contribution < 1.29 is 13.9 Å². The Balaban J connectivity index is 2.01. The van der Waals surface area contributed by atoms with Crippen LogP contribution in [-0.2, 0) is 4.74 Å². The smallest absolute Gasteiger partial charge is 0.410 e. The van der Waals surface area contributed by atoms with Crippen LogP contribution in [0.25, 0.3) is 0 Å². The van der Waals surface area contributed by atoms with Crippen LogP contribution in [0.5, 0.6) is 0 Å². The Morgan fingerprint density at radius 1 is 1.45 bits per heavy atom. The Morgan fingerprint density at radius 3 is 2.75 bits per heavy atom. The average molecular weight is 344 g/mol. The topological polar surface area (TPSA) is 29.5 Å². The number of halogens is 2. The van der Waals surface area contributed by atoms with E-state index in [-0.39, 0.29) is 17.8 Å². The highest BCUT2D eigenvalue weighted by molar-refractivity contribution is 9.10. The fourth-order valence-electron chi connectivity index (χ4n) is 2.29. The lowest BCUT2D eigenvalue weighted by Crippen LogP contribution is -2.35. The fourth-order valence-corrected chi connectivity index (χ4v) is 2.54. The van der Waals surface area contributed by atoms with E-state index < -0.39 is 5.60 Å². The molecule has 1 unspecified atom stereocenters. The van der Waals surface area contributed by atoms with Crippen molar-refractivity contribution in [3.05, 3.63) is 34.1 Å². The lowest BCUT2D eigenvalue weighted by molar-refractivity contribution is 0.0292. The molecule has 1 fully saturated rings. The van der Waals surface area contributed by atoms with E-state index in [2.05, 4.69) is 15.9 Å². The van der Waals surface area contributed by atoms with Gasteiger partial charge in [0.2, 0.25) is 0 Å². The molecule has 5 heteroatoms. The van der Waals surface area contributed by atoms with E-state index in [0.29, 0.717) is 17.6 Å². The van der Waals surface area contributed by atoms with Crippen molar-refractivity contribution in [2.75, 3.05) is 13.1 Å². The zero-order valence-corrected chi connectivity index (χ0v) is 13.5. The van der Waals surface area contributed by atoms with Crippen molar-refractivity contribution in [2.45, 2.75) is 38.7 Å². The number of ether oxygens (including phenoxy) is 1. The molecular weight excluding hydrogens is 325 g/mol. The molecule has 0 radical (unpaired) electrons. The second-order valence-electron chi connectivity index (χ2n) is 6.09. The van der Waals surface area contributed by atoms with Gasteiger partial charge in [-0.25, -0.2) is 9.18 Å². The van der Waals surface area contributed by atoms with Gasteiger partial charge in [-0.05, 0) is 60.8 Å². The fraction of sp³-hybridized carbons (Fsp3) is 0.533. The summed E-state index contributed by atoms with van der Waals surface area (Å²) in [4.78, 5) is 13.7. The standard InChI is InChI=1S/C15H19BrFNO2/c1-15(2,3)20-14(19)18-7-6-11(9-18)10-4-5-12(16)13(17)8-10/h4-5,8,11H,6-7,9H2,1-3H3. The van der Waals surface area contributed by atoms with Crippen LogP contribution < -0.4 is 0 Å². The summed E-state index contributed by atoms with van der Waals surface area (Å²) in [6, 6.07) is 5.14. The number of nitrogens with zero attached hydrogens (tertiary/aromatic N) is 1. The second kappa shape index (κ2) is 5.72. The van der Waals surface area contributed by atoms with E-state index in [0.717, 1.165) is 12.0 Å². The Morgan fingerprint density at radius 2 is 2.15 bits per heavy atom. The summed E-state index contributed by atoms with van der Waals surface area (Å²) in [5, 5.41) is 0. The van der Waals surface area contributed by atoms with Gasteiger partial charge in [-0.15, -0.1) is 0 Å². The summed E-state index contributed by atoms with van der Waals surface area (Å²) < 4.78 is 19.4. The minimum absolute atomic E-state index is 0.171. The monoisotopic (exact) mass is 343 g/mol. The summed E-state index contributed by atoms with van der Waals surface area (Å²) >= 11 is 3.15. The molecule has 1 amide bonds. The minimum Gasteiger partial charge on any atom is -0.444 e. The molecule has 0 aliphatic carbocycles. The average Bonchev–Trinajstić information content (AvgIpc) is 2.80. The number of likely N-dealkylation sites (tertiary alicyclic amines) is 1. The van der Waals surface area contributed by atoms with Crippen LogP contribution in [0.15, 0.2) is 22.7 Å². The number of rotatable bonds is 1. The zero-order valence-electron chi connectivity index (χ0n) is 12.0. The van der Waals surface area contributed by atoms with Crippen molar-refractivity contribution >= 4 is 22.0 Å². The number of benzene rings is 1. The number of carbonyl (C=O) groups excluding carboxylic acids is 1. The van der Waals surface area contributed by atoms with Gasteiger partial charge in [0.05, 0.1) is 4.47 Å². The van der Waals surface area contributed by atoms with Gasteiger partial charge in [-0.3, -0.25) is 0 Å². The maximum atomic E-state index is 13.6. The third-order valence-electron chi connectivity index (χ3n) is 3.26. The van der Waals surface area contributed by atoms with Gasteiger partial charge in [-0.1, -0.05) is 6.07 Å². The lowest BCUT2D eigenvalue weighted by atomic mass is 9.98. The SMILES string of the molecule is CC(C)(C)OC(=O)N1CCC(c2ccc(Br)c(F)c2)C1. The molecule has 0 aromatic heterocycles. The van der Waals surface area contributed by atoms with Gasteiger partial charge in [0.25, 0.3) is 0 Å². The molecule has 3 nitrogen and oxygen atoms in total. The summed E-state index contributed by atoms with van der Waals surface area (Å²) in [5.41, 5.74) is 0.440. The van der Waals surface area contributed by atoms with Gasteiger partial charge in [-0.2, -0.15) is 0 Å². The van der Waals surface area contributed by atoms with E-state index in [1.807, 2.05) is 26.8 Å². The molecule has 1 saturated heterocycles. The number of hydrogen-bond acceptors (Lipinski definition) is 2. The largest absolute Gasteiger partial charge is 0.444 e. The summed E-state index contributed by atoms with van der Waals surface area (Å²) in [6.07, 6.45) is 0.540. The maximum Gasteiger partial charge on any atom is 0.410 e. The first-order valence-electron chi connectivity index (χ1n) is 6.69. The van der Waals surface area contributed by atoms with E-state index in [1.54, 1.807) is 11.0 Å². The molecule has 1 aliphatic rings. The first-order valence-corrected chi connectivity index (χ1v) is 7.48. The Bertz CT molecular complexity index is 513. The highest BCUT2D eigenvalue weighted by atomic mass is 79.9. The third-order valence-corrected chi connectivity index (χ3v) is 3.90. The van der Waals surface area contributed by atoms with E-state index in [4.69, 9.17) is 4.74 Å². The van der Waals surface area contributed by atoms with Crippen molar-refractivity contribution in [3.63, 3.8) is 0 Å². The molecule has 0 saturated carbocycles. The quantitative estimate of drug-likeness (QED) is 0.760. The van der Waals surface area contributed by atoms with E-state index in [1.165, 1.54) is 6.07 Å². The molecule has 1 aromatic rings. The molecule has 0 spiro atoms. The van der Waals surface area contributed by atoms with Crippen molar-refractivity contribution in [3.8, 4) is 0 Å². The Labute approximate surface area is 127 Å². The van der Waals surface area contributed by atoms with Gasteiger partial charge < -0.3 is 9.64 Å². The highest BCUT2D eigenvalue weighted by Gasteiger charge is 2.30. The van der Waals surface area contributed by atoms with Crippen molar-refractivity contribution in [1.82, 2.24) is 4.90 Å². The Hall–Kier alpha value is -1.10. The van der Waals surface area contributed by atoms with E-state index in [9.17, 15) is 9.18 Å². The predicted octanol–water partition coefficient (Wildman–Crippen LogP) is 4.31. The van der Waals surface area contributed by atoms with Crippen LogP contribution in [-0.4, -0.2) is 29.7 Å². The highest BCUT2D eigenvalue weighted by Crippen LogP contribution is 2.30. The molecule has 110 valence electrons. The molecule has 0 N–H and O–H groups in total. The molecule has 1 atom stereocenters. The molecule has 0 bridgehead atoms. The third kappa shape index (κ3) is 3.72. The molecule has 2 rings (SSSR count). The molecule has 20 heavy (non-hydrogen) atoms. The van der Waals surface area contributed by atoms with Gasteiger partial charge in [0.15, 0.2) is 0 Å². The summed E-state index contributed by atoms with van der Waals surface area (Å²) in [6.45, 7) is 6.78. The van der Waals surface area contributed by atoms with E-state index >= 15 is 0 Å². The van der Waals surface area contributed by atoms with Crippen LogP contribution in [0, 0.1) is 5.82 Å². The lowest BCUT2D eigenvalue weighted by Gasteiger charge is -2.24. The maximum absolute atomic E-state index is 13.6. The molecule has 1 aromatic carbocycles. The zero-order chi connectivity index (χ0) is 14.9. The molecule has 1 aliphatic heterocycles. The van der Waals surface area contributed by atoms with Gasteiger partial charge >= 0.3 is 6.09 Å². The summed E-state index contributed by atoms with van der Waals surface area (Å²) in [5.74, 6) is -0.0941. The van der Waals surface area contributed by atoms with Crippen LogP contribution in [0.1, 0.15) is 38.7 Å². The normalized spacial score (nSPS) is 19.2. The van der Waals surface area contributed by atoms with Crippen LogP contribution in [0.3, 0.4) is 0 Å². The first kappa shape index (κ1) is 15.3. The predicted molar refractivity (Wildman–Crippen MR) is 79.3 cm³/mol. The number of hydrogen-bond donors (Lipinski definition) is 0. The van der Waals surface area contributed by atoms with Crippen LogP contribution in [0.4, 0.5) is 9.18 Å². The second-order valence-corrected chi connectivity index (χ2v) is 6.94. The number of amides is 1.